The zero-order valence-corrected chi connectivity index (χ0v) is 36.3. The van der Waals surface area contributed by atoms with Gasteiger partial charge < -0.3 is 20.9 Å². The van der Waals surface area contributed by atoms with Gasteiger partial charge in [0.1, 0.15) is 17.3 Å². The molecule has 2 spiro atoms. The Morgan fingerprint density at radius 2 is 1.60 bits per heavy atom. The Morgan fingerprint density at radius 3 is 2.32 bits per heavy atom. The summed E-state index contributed by atoms with van der Waals surface area (Å²) in [6, 6.07) is 16.7. The minimum absolute atomic E-state index is 0.0641. The Hall–Kier alpha value is -4.56. The minimum atomic E-state index is -1.29. The number of carbonyl (C=O) groups is 5. The van der Waals surface area contributed by atoms with E-state index >= 15 is 4.39 Å². The standard InChI is InChI=1S/C47H54Cl2FN7O5/c48-30-11-16-34-37(27-30)53-45(62)47(34)39(33-5-4-6-35(49)40(33)50)41(55-46(47)20-2-1-3-21-46)43(60)52-32-14-9-29(10-15-32)44(61)57-25-23-56(24-26-57)22-19-28-7-12-31(13-8-28)51-36-17-18-38(58)54-42(36)59/h4-8,11-13,16,27,29,32,36,39,41,51,55H,1-3,9-10,14-15,17-26H2,(H,52,60)(H,53,62)(H,54,58,59)/t29?,32?,36?,39-,41+,47+/m0/s1. The third-order valence-electron chi connectivity index (χ3n) is 14.7. The van der Waals surface area contributed by atoms with Gasteiger partial charge in [-0.1, -0.05) is 72.8 Å². The number of carbonyl (C=O) groups excluding carboxylic acids is 5. The molecule has 15 heteroatoms. The first-order valence-electron chi connectivity index (χ1n) is 22.3. The van der Waals surface area contributed by atoms with E-state index < -0.39 is 34.8 Å². The van der Waals surface area contributed by atoms with Gasteiger partial charge in [0.05, 0.1) is 11.1 Å². The highest BCUT2D eigenvalue weighted by Crippen LogP contribution is 2.62. The van der Waals surface area contributed by atoms with Gasteiger partial charge in [0.2, 0.25) is 29.5 Å². The summed E-state index contributed by atoms with van der Waals surface area (Å²) >= 11 is 12.8. The number of anilines is 2. The van der Waals surface area contributed by atoms with Crippen LogP contribution in [0, 0.1) is 11.7 Å². The summed E-state index contributed by atoms with van der Waals surface area (Å²) in [6.07, 6.45) is 8.30. The van der Waals surface area contributed by atoms with Crippen LogP contribution in [0.25, 0.3) is 0 Å². The maximum Gasteiger partial charge on any atom is 0.249 e. The molecule has 5 fully saturated rings. The van der Waals surface area contributed by atoms with E-state index in [1.807, 2.05) is 23.1 Å². The van der Waals surface area contributed by atoms with Gasteiger partial charge in [0, 0.05) is 79.0 Å². The number of fused-ring (bicyclic) bond motifs is 3. The van der Waals surface area contributed by atoms with Crippen LogP contribution in [0.15, 0.2) is 60.7 Å². The first-order valence-corrected chi connectivity index (χ1v) is 23.0. The molecule has 4 atom stereocenters. The summed E-state index contributed by atoms with van der Waals surface area (Å²) in [5.74, 6) is -2.53. The SMILES string of the molecule is O=C1CCC(Nc2ccc(CCN3CCN(C(=O)C4CCC(NC(=O)[C@@H]5NC6(CCCCC6)[C@@]6(C(=O)Nc7cc(Cl)ccc76)[C@H]5c5cccc(Cl)c5F)CC4)CC3)cc2)C(=O)N1. The third-order valence-corrected chi connectivity index (χ3v) is 15.2. The molecule has 9 rings (SSSR count). The molecule has 0 radical (unpaired) electrons. The van der Waals surface area contributed by atoms with E-state index in [0.29, 0.717) is 80.7 Å². The zero-order valence-electron chi connectivity index (χ0n) is 34.8. The van der Waals surface area contributed by atoms with Crippen molar-refractivity contribution in [2.24, 2.45) is 5.92 Å². The van der Waals surface area contributed by atoms with Crippen molar-refractivity contribution in [3.8, 4) is 0 Å². The molecule has 2 saturated carbocycles. The number of hydrogen-bond acceptors (Lipinski definition) is 8. The summed E-state index contributed by atoms with van der Waals surface area (Å²) in [5.41, 5.74) is 1.45. The monoisotopic (exact) mass is 885 g/mol. The second-order valence-electron chi connectivity index (χ2n) is 18.2. The lowest BCUT2D eigenvalue weighted by Crippen LogP contribution is -2.60. The van der Waals surface area contributed by atoms with Gasteiger partial charge in [-0.2, -0.15) is 0 Å². The van der Waals surface area contributed by atoms with E-state index in [1.54, 1.807) is 24.3 Å². The summed E-state index contributed by atoms with van der Waals surface area (Å²) in [7, 11) is 0. The smallest absolute Gasteiger partial charge is 0.249 e. The van der Waals surface area contributed by atoms with Gasteiger partial charge in [-0.3, -0.25) is 39.5 Å². The number of imide groups is 1. The van der Waals surface area contributed by atoms with Crippen molar-refractivity contribution < 1.29 is 28.4 Å². The van der Waals surface area contributed by atoms with Crippen LogP contribution >= 0.6 is 23.2 Å². The van der Waals surface area contributed by atoms with Crippen LogP contribution in [0.4, 0.5) is 15.8 Å². The lowest BCUT2D eigenvalue weighted by molar-refractivity contribution is -0.138. The summed E-state index contributed by atoms with van der Waals surface area (Å²) in [5, 5.41) is 16.1. The highest BCUT2D eigenvalue weighted by Gasteiger charge is 2.72. The molecule has 3 aromatic carbocycles. The highest BCUT2D eigenvalue weighted by atomic mass is 35.5. The Balaban J connectivity index is 0.810. The minimum Gasteiger partial charge on any atom is -0.374 e. The topological polar surface area (TPSA) is 152 Å². The van der Waals surface area contributed by atoms with Gasteiger partial charge >= 0.3 is 0 Å². The predicted molar refractivity (Wildman–Crippen MR) is 235 cm³/mol. The van der Waals surface area contributed by atoms with Crippen molar-refractivity contribution in [2.45, 2.75) is 112 Å². The van der Waals surface area contributed by atoms with E-state index in [1.165, 1.54) is 11.6 Å². The molecule has 0 aromatic heterocycles. The molecule has 62 heavy (non-hydrogen) atoms. The number of amides is 5. The van der Waals surface area contributed by atoms with E-state index in [2.05, 4.69) is 43.6 Å². The number of nitrogens with zero attached hydrogens (tertiary/aromatic N) is 2. The largest absolute Gasteiger partial charge is 0.374 e. The van der Waals surface area contributed by atoms with E-state index in [0.717, 1.165) is 51.0 Å². The van der Waals surface area contributed by atoms with Gasteiger partial charge in [-0.25, -0.2) is 4.39 Å². The summed E-state index contributed by atoms with van der Waals surface area (Å²) in [6.45, 7) is 3.82. The second-order valence-corrected chi connectivity index (χ2v) is 19.0. The van der Waals surface area contributed by atoms with Gasteiger partial charge in [-0.05, 0) is 98.4 Å². The van der Waals surface area contributed by atoms with Gasteiger partial charge in [0.25, 0.3) is 0 Å². The fourth-order valence-electron chi connectivity index (χ4n) is 11.5. The van der Waals surface area contributed by atoms with Crippen LogP contribution in [0.3, 0.4) is 0 Å². The first-order chi connectivity index (χ1) is 30.0. The maximum absolute atomic E-state index is 16.3. The molecule has 4 aliphatic heterocycles. The molecule has 1 unspecified atom stereocenters. The quantitative estimate of drug-likeness (QED) is 0.163. The number of rotatable bonds is 9. The summed E-state index contributed by atoms with van der Waals surface area (Å²) < 4.78 is 16.3. The molecule has 12 nitrogen and oxygen atoms in total. The second kappa shape index (κ2) is 17.5. The van der Waals surface area contributed by atoms with Gasteiger partial charge in [0.15, 0.2) is 0 Å². The molecular formula is C47H54Cl2FN7O5. The van der Waals surface area contributed by atoms with Crippen LogP contribution in [-0.4, -0.2) is 95.7 Å². The Bertz CT molecular complexity index is 2240. The molecule has 5 amide bonds. The molecular weight excluding hydrogens is 832 g/mol. The molecule has 5 N–H and O–H groups in total. The molecule has 4 heterocycles. The van der Waals surface area contributed by atoms with Crippen molar-refractivity contribution in [1.29, 1.82) is 0 Å². The Morgan fingerprint density at radius 1 is 0.855 bits per heavy atom. The molecule has 3 saturated heterocycles. The van der Waals surface area contributed by atoms with Gasteiger partial charge in [-0.15, -0.1) is 0 Å². The molecule has 0 bridgehead atoms. The van der Waals surface area contributed by atoms with E-state index in [4.69, 9.17) is 23.2 Å². The van der Waals surface area contributed by atoms with E-state index in [-0.39, 0.29) is 52.1 Å². The molecule has 2 aliphatic carbocycles. The average molecular weight is 887 g/mol. The number of hydrogen-bond donors (Lipinski definition) is 5. The lowest BCUT2D eigenvalue weighted by atomic mass is 9.55. The number of piperidine rings is 1. The van der Waals surface area contributed by atoms with Crippen molar-refractivity contribution in [3.63, 3.8) is 0 Å². The van der Waals surface area contributed by atoms with Crippen molar-refractivity contribution in [2.75, 3.05) is 43.4 Å². The van der Waals surface area contributed by atoms with Crippen LogP contribution < -0.4 is 26.6 Å². The van der Waals surface area contributed by atoms with Crippen LogP contribution in [-0.2, 0) is 35.8 Å². The molecule has 3 aromatic rings. The number of nitrogens with one attached hydrogen (secondary N) is 5. The molecule has 6 aliphatic rings. The van der Waals surface area contributed by atoms with Crippen LogP contribution in [0.5, 0.6) is 0 Å². The Labute approximate surface area is 371 Å². The van der Waals surface area contributed by atoms with Crippen molar-refractivity contribution in [3.05, 3.63) is 93.2 Å². The van der Waals surface area contributed by atoms with E-state index in [9.17, 15) is 24.0 Å². The number of halogens is 3. The number of piperazine rings is 1. The van der Waals surface area contributed by atoms with Crippen LogP contribution in [0.1, 0.15) is 93.2 Å². The Kier molecular flexibility index (Phi) is 12.1. The number of benzene rings is 3. The predicted octanol–water partition coefficient (Wildman–Crippen LogP) is 6.06. The van der Waals surface area contributed by atoms with Crippen molar-refractivity contribution >= 4 is 64.1 Å². The first kappa shape index (κ1) is 42.7. The van der Waals surface area contributed by atoms with Crippen LogP contribution in [0.2, 0.25) is 10.0 Å². The highest BCUT2D eigenvalue weighted by molar-refractivity contribution is 6.31. The fraction of sp³-hybridized carbons (Fsp3) is 0.511. The normalized spacial score (nSPS) is 28.4. The maximum atomic E-state index is 16.3. The average Bonchev–Trinajstić information content (AvgIpc) is 3.73. The lowest BCUT2D eigenvalue weighted by Gasteiger charge is -2.47. The summed E-state index contributed by atoms with van der Waals surface area (Å²) in [4.78, 5) is 71.1. The van der Waals surface area contributed by atoms with Crippen molar-refractivity contribution in [1.82, 2.24) is 25.8 Å². The zero-order chi connectivity index (χ0) is 43.2. The fourth-order valence-corrected chi connectivity index (χ4v) is 11.9. The molecule has 328 valence electrons. The third kappa shape index (κ3) is 7.88.